The Morgan fingerprint density at radius 1 is 1.23 bits per heavy atom. The largest absolute Gasteiger partial charge is 0.463 e. The van der Waals surface area contributed by atoms with E-state index in [1.165, 1.54) is 11.3 Å². The summed E-state index contributed by atoms with van der Waals surface area (Å²) in [6.07, 6.45) is 5.51. The number of carbonyl (C=O) groups is 2. The lowest BCUT2D eigenvalue weighted by Gasteiger charge is -2.20. The second-order valence-electron chi connectivity index (χ2n) is 7.15. The average molecular weight is 428 g/mol. The van der Waals surface area contributed by atoms with Crippen LogP contribution in [-0.4, -0.2) is 49.3 Å². The number of thiazole rings is 1. The minimum Gasteiger partial charge on any atom is -0.463 e. The van der Waals surface area contributed by atoms with E-state index in [0.29, 0.717) is 35.1 Å². The fourth-order valence-electron chi connectivity index (χ4n) is 2.94. The normalized spacial score (nSPS) is 14.0. The number of pyridine rings is 1. The zero-order valence-corrected chi connectivity index (χ0v) is 18.1. The van der Waals surface area contributed by atoms with Crippen LogP contribution >= 0.6 is 11.3 Å². The van der Waals surface area contributed by atoms with Gasteiger partial charge in [0.25, 0.3) is 0 Å². The van der Waals surface area contributed by atoms with Crippen molar-refractivity contribution in [1.82, 2.24) is 9.97 Å². The summed E-state index contributed by atoms with van der Waals surface area (Å²) in [5.74, 6) is 0.841. The van der Waals surface area contributed by atoms with Gasteiger partial charge in [-0.05, 0) is 44.0 Å². The highest BCUT2D eigenvalue weighted by Gasteiger charge is 2.29. The molecule has 0 aliphatic carbocycles. The van der Waals surface area contributed by atoms with Gasteiger partial charge in [-0.1, -0.05) is 11.3 Å². The number of furan rings is 1. The van der Waals surface area contributed by atoms with Crippen LogP contribution in [0.2, 0.25) is 0 Å². The van der Waals surface area contributed by atoms with Crippen molar-refractivity contribution in [3.05, 3.63) is 52.9 Å². The third kappa shape index (κ3) is 5.40. The van der Waals surface area contributed by atoms with Crippen LogP contribution in [0, 0.1) is 12.8 Å². The molecule has 0 unspecified atom stereocenters. The van der Waals surface area contributed by atoms with Crippen LogP contribution in [0.4, 0.5) is 5.13 Å². The number of aldehydes is 1. The molecule has 30 heavy (non-hydrogen) atoms. The summed E-state index contributed by atoms with van der Waals surface area (Å²) >= 11 is 1.43. The smallest absolute Gasteiger partial charge is 0.186 e. The Hall–Kier alpha value is -2.84. The molecule has 0 aromatic carbocycles. The van der Waals surface area contributed by atoms with Gasteiger partial charge in [0.1, 0.15) is 10.6 Å². The summed E-state index contributed by atoms with van der Waals surface area (Å²) in [5, 5.41) is 0.816. The van der Waals surface area contributed by atoms with Crippen LogP contribution in [0.25, 0.3) is 11.5 Å². The molecular formula is C22H25N3O4S. The van der Waals surface area contributed by atoms with Gasteiger partial charge >= 0.3 is 0 Å². The summed E-state index contributed by atoms with van der Waals surface area (Å²) in [6.45, 7) is 3.20. The van der Waals surface area contributed by atoms with Crippen LogP contribution in [0.3, 0.4) is 0 Å². The van der Waals surface area contributed by atoms with Crippen LogP contribution in [0.1, 0.15) is 38.6 Å². The maximum absolute atomic E-state index is 12.8. The molecular weight excluding hydrogens is 402 g/mol. The monoisotopic (exact) mass is 427 g/mol. The van der Waals surface area contributed by atoms with E-state index in [-0.39, 0.29) is 11.7 Å². The maximum atomic E-state index is 12.8. The number of nitrogens with zero attached hydrogens (tertiary/aromatic N) is 3. The van der Waals surface area contributed by atoms with E-state index in [1.807, 2.05) is 44.1 Å². The average Bonchev–Trinajstić information content (AvgIpc) is 3.45. The summed E-state index contributed by atoms with van der Waals surface area (Å²) in [7, 11) is 3.85. The maximum Gasteiger partial charge on any atom is 0.186 e. The molecule has 3 aromatic rings. The minimum absolute atomic E-state index is 0.0305. The number of carbonyl (C=O) groups excluding carboxylic acids is 2. The van der Waals surface area contributed by atoms with Gasteiger partial charge in [0, 0.05) is 50.7 Å². The van der Waals surface area contributed by atoms with Crippen molar-refractivity contribution in [3.63, 3.8) is 0 Å². The second kappa shape index (κ2) is 10.3. The highest BCUT2D eigenvalue weighted by molar-refractivity contribution is 7.18. The molecule has 0 radical (unpaired) electrons. The van der Waals surface area contributed by atoms with Crippen molar-refractivity contribution in [2.45, 2.75) is 19.8 Å². The molecule has 0 spiro atoms. The third-order valence-electron chi connectivity index (χ3n) is 4.64. The summed E-state index contributed by atoms with van der Waals surface area (Å²) in [4.78, 5) is 34.0. The number of hydrogen-bond acceptors (Lipinski definition) is 8. The Morgan fingerprint density at radius 2 is 2.00 bits per heavy atom. The van der Waals surface area contributed by atoms with Crippen molar-refractivity contribution >= 4 is 28.5 Å². The number of aromatic nitrogens is 2. The van der Waals surface area contributed by atoms with Crippen molar-refractivity contribution in [3.8, 4) is 11.5 Å². The zero-order valence-electron chi connectivity index (χ0n) is 17.3. The van der Waals surface area contributed by atoms with Crippen molar-refractivity contribution < 1.29 is 18.7 Å². The van der Waals surface area contributed by atoms with E-state index in [0.717, 1.165) is 30.0 Å². The quantitative estimate of drug-likeness (QED) is 0.444. The summed E-state index contributed by atoms with van der Waals surface area (Å²) in [5.41, 5.74) is 2.21. The number of anilines is 1. The predicted octanol–water partition coefficient (Wildman–Crippen LogP) is 4.28. The fraction of sp³-hybridized carbons (Fsp3) is 0.364. The second-order valence-corrected chi connectivity index (χ2v) is 8.13. The van der Waals surface area contributed by atoms with Gasteiger partial charge in [0.05, 0.1) is 6.26 Å². The van der Waals surface area contributed by atoms with Gasteiger partial charge in [-0.15, -0.1) is 0 Å². The molecule has 0 saturated carbocycles. The number of ether oxygens (including phenoxy) is 1. The van der Waals surface area contributed by atoms with E-state index < -0.39 is 0 Å². The van der Waals surface area contributed by atoms with Gasteiger partial charge in [-0.25, -0.2) is 4.98 Å². The SMILES string of the molecule is CN(C)c1nc(-c2ccco2)c(C(=O)C2CCOCC2)s1.Cc1ccc(C=O)cn1. The topological polar surface area (TPSA) is 85.5 Å². The lowest BCUT2D eigenvalue weighted by molar-refractivity contribution is 0.0547. The molecule has 1 saturated heterocycles. The molecule has 0 amide bonds. The van der Waals surface area contributed by atoms with Crippen LogP contribution in [0.15, 0.2) is 41.1 Å². The standard InChI is InChI=1S/C15H18N2O3S.C7H7NO/c1-17(2)15-16-12(11-4-3-7-20-11)14(21-15)13(18)10-5-8-19-9-6-10;1-6-2-3-7(5-9)4-8-6/h3-4,7,10H,5-6,8-9H2,1-2H3;2-5H,1H3. The number of ketones is 1. The van der Waals surface area contributed by atoms with Gasteiger partial charge in [0.15, 0.2) is 23.0 Å². The molecule has 0 atom stereocenters. The van der Waals surface area contributed by atoms with Crippen molar-refractivity contribution in [2.24, 2.45) is 5.92 Å². The summed E-state index contributed by atoms with van der Waals surface area (Å²) < 4.78 is 10.8. The van der Waals surface area contributed by atoms with Gasteiger partial charge in [0.2, 0.25) is 0 Å². The molecule has 1 aliphatic heterocycles. The van der Waals surface area contributed by atoms with E-state index in [4.69, 9.17) is 9.15 Å². The molecule has 4 heterocycles. The fourth-order valence-corrected chi connectivity index (χ4v) is 3.95. The number of aryl methyl sites for hydroxylation is 1. The van der Waals surface area contributed by atoms with Crippen molar-refractivity contribution in [1.29, 1.82) is 0 Å². The minimum atomic E-state index is 0.0305. The molecule has 3 aromatic heterocycles. The molecule has 7 nitrogen and oxygen atoms in total. The van der Waals surface area contributed by atoms with Crippen molar-refractivity contribution in [2.75, 3.05) is 32.2 Å². The Balaban J connectivity index is 0.000000239. The Labute approximate surface area is 179 Å². The van der Waals surface area contributed by atoms with E-state index in [9.17, 15) is 9.59 Å². The van der Waals surface area contributed by atoms with Crippen LogP contribution in [-0.2, 0) is 4.74 Å². The zero-order chi connectivity index (χ0) is 21.5. The number of Topliss-reactive ketones (excluding diaryl/α,β-unsaturated/α-hetero) is 1. The molecule has 158 valence electrons. The van der Waals surface area contributed by atoms with E-state index in [1.54, 1.807) is 18.5 Å². The van der Waals surface area contributed by atoms with E-state index >= 15 is 0 Å². The Morgan fingerprint density at radius 3 is 2.57 bits per heavy atom. The van der Waals surface area contributed by atoms with Crippen LogP contribution < -0.4 is 4.90 Å². The van der Waals surface area contributed by atoms with Crippen LogP contribution in [0.5, 0.6) is 0 Å². The molecule has 4 rings (SSSR count). The third-order valence-corrected chi connectivity index (χ3v) is 5.88. The van der Waals surface area contributed by atoms with Gasteiger partial charge in [-0.2, -0.15) is 0 Å². The number of rotatable bonds is 5. The molecule has 8 heteroatoms. The summed E-state index contributed by atoms with van der Waals surface area (Å²) in [6, 6.07) is 7.21. The van der Waals surface area contributed by atoms with Gasteiger partial charge in [-0.3, -0.25) is 14.6 Å². The molecule has 0 bridgehead atoms. The molecule has 1 aliphatic rings. The number of hydrogen-bond donors (Lipinski definition) is 0. The highest BCUT2D eigenvalue weighted by Crippen LogP contribution is 2.35. The first kappa shape index (κ1) is 21.9. The Bertz CT molecular complexity index is 959. The lowest BCUT2D eigenvalue weighted by atomic mass is 9.94. The molecule has 0 N–H and O–H groups in total. The first-order chi connectivity index (χ1) is 14.5. The van der Waals surface area contributed by atoms with Gasteiger partial charge < -0.3 is 14.1 Å². The van der Waals surface area contributed by atoms with E-state index in [2.05, 4.69) is 9.97 Å². The first-order valence-electron chi connectivity index (χ1n) is 9.71. The highest BCUT2D eigenvalue weighted by atomic mass is 32.1. The lowest BCUT2D eigenvalue weighted by Crippen LogP contribution is -2.23. The Kier molecular flexibility index (Phi) is 7.48. The first-order valence-corrected chi connectivity index (χ1v) is 10.5. The molecule has 1 fully saturated rings. The predicted molar refractivity (Wildman–Crippen MR) is 116 cm³/mol.